The van der Waals surface area contributed by atoms with E-state index < -0.39 is 6.16 Å². The highest BCUT2D eigenvalue weighted by Crippen LogP contribution is 2.45. The van der Waals surface area contributed by atoms with Crippen LogP contribution in [0.25, 0.3) is 0 Å². The van der Waals surface area contributed by atoms with Crippen LogP contribution in [0.5, 0.6) is 0 Å². The smallest absolute Gasteiger partial charge is 0.450 e. The van der Waals surface area contributed by atoms with Gasteiger partial charge in [-0.15, -0.1) is 6.58 Å². The number of nitriles is 1. The van der Waals surface area contributed by atoms with E-state index >= 15 is 0 Å². The third-order valence-electron chi connectivity index (χ3n) is 1.40. The van der Waals surface area contributed by atoms with Gasteiger partial charge >= 0.3 is 6.16 Å². The summed E-state index contributed by atoms with van der Waals surface area (Å²) in [6, 6.07) is 2.18. The Hall–Kier alpha value is -1.50. The van der Waals surface area contributed by atoms with Gasteiger partial charge in [0.25, 0.3) is 0 Å². The molecule has 4 nitrogen and oxygen atoms in total. The molecule has 0 unspecified atom stereocenters. The van der Waals surface area contributed by atoms with Crippen molar-refractivity contribution in [2.75, 3.05) is 0 Å². The summed E-state index contributed by atoms with van der Waals surface area (Å²) in [5, 5.41) is 22.3. The minimum Gasteiger partial charge on any atom is -0.450 e. The molecule has 1 aliphatic carbocycles. The monoisotopic (exact) mass is 155 g/mol. The maximum absolute atomic E-state index is 8.56. The van der Waals surface area contributed by atoms with Gasteiger partial charge < -0.3 is 10.2 Å². The van der Waals surface area contributed by atoms with Crippen LogP contribution in [-0.4, -0.2) is 16.4 Å². The molecule has 0 atom stereocenters. The lowest BCUT2D eigenvalue weighted by molar-refractivity contribution is 0.137. The van der Waals surface area contributed by atoms with Crippen LogP contribution < -0.4 is 0 Å². The topological polar surface area (TPSA) is 81.3 Å². The van der Waals surface area contributed by atoms with Crippen LogP contribution in [0, 0.1) is 16.7 Å². The van der Waals surface area contributed by atoms with Crippen LogP contribution in [0.2, 0.25) is 0 Å². The third kappa shape index (κ3) is 3.98. The summed E-state index contributed by atoms with van der Waals surface area (Å²) in [5.74, 6) is 0. The van der Waals surface area contributed by atoms with Gasteiger partial charge in [-0.25, -0.2) is 4.79 Å². The summed E-state index contributed by atoms with van der Waals surface area (Å²) in [7, 11) is 0. The molecular weight excluding hydrogens is 146 g/mol. The fourth-order valence-corrected chi connectivity index (χ4v) is 0.496. The highest BCUT2D eigenvalue weighted by Gasteiger charge is 2.39. The molecular formula is C7H9NO3. The first kappa shape index (κ1) is 9.50. The molecule has 0 aliphatic heterocycles. The lowest BCUT2D eigenvalue weighted by Crippen LogP contribution is -1.84. The lowest BCUT2D eigenvalue weighted by atomic mass is 10.1. The quantitative estimate of drug-likeness (QED) is 0.564. The molecule has 0 aromatic carbocycles. The van der Waals surface area contributed by atoms with Gasteiger partial charge in [0.05, 0.1) is 11.5 Å². The fourth-order valence-electron chi connectivity index (χ4n) is 0.496. The highest BCUT2D eigenvalue weighted by molar-refractivity contribution is 5.53. The Morgan fingerprint density at radius 1 is 1.64 bits per heavy atom. The van der Waals surface area contributed by atoms with Gasteiger partial charge in [0.2, 0.25) is 0 Å². The molecule has 0 amide bonds. The molecule has 4 heteroatoms. The number of hydrogen-bond donors (Lipinski definition) is 2. The second-order valence-corrected chi connectivity index (χ2v) is 2.25. The van der Waals surface area contributed by atoms with E-state index in [0.29, 0.717) is 0 Å². The lowest BCUT2D eigenvalue weighted by Gasteiger charge is -1.87. The van der Waals surface area contributed by atoms with Crippen LogP contribution in [0.1, 0.15) is 12.8 Å². The zero-order valence-corrected chi connectivity index (χ0v) is 5.95. The summed E-state index contributed by atoms with van der Waals surface area (Å²) in [4.78, 5) is 8.56. The van der Waals surface area contributed by atoms with Crippen LogP contribution in [-0.2, 0) is 0 Å². The van der Waals surface area contributed by atoms with E-state index in [1.165, 1.54) is 0 Å². The molecule has 1 saturated carbocycles. The highest BCUT2D eigenvalue weighted by atomic mass is 16.6. The van der Waals surface area contributed by atoms with Gasteiger partial charge in [-0.3, -0.25) is 0 Å². The van der Waals surface area contributed by atoms with Crippen molar-refractivity contribution >= 4 is 6.16 Å². The Balaban J connectivity index is 0.000000218. The molecule has 2 N–H and O–H groups in total. The molecule has 11 heavy (non-hydrogen) atoms. The Labute approximate surface area is 64.4 Å². The van der Waals surface area contributed by atoms with Gasteiger partial charge in [0.15, 0.2) is 0 Å². The normalized spacial score (nSPS) is 16.6. The summed E-state index contributed by atoms with van der Waals surface area (Å²) in [6.45, 7) is 3.54. The molecule has 0 saturated heterocycles. The van der Waals surface area contributed by atoms with Crippen LogP contribution in [0.3, 0.4) is 0 Å². The summed E-state index contributed by atoms with van der Waals surface area (Å²) in [6.07, 6.45) is 1.95. The number of carboxylic acid groups (broad SMARTS) is 2. The van der Waals surface area contributed by atoms with Gasteiger partial charge in [0, 0.05) is 0 Å². The zero-order chi connectivity index (χ0) is 8.91. The number of nitrogens with zero attached hydrogens (tertiary/aromatic N) is 1. The van der Waals surface area contributed by atoms with Crippen molar-refractivity contribution in [1.29, 1.82) is 5.26 Å². The molecule has 0 heterocycles. The Bertz CT molecular complexity index is 196. The standard InChI is InChI=1S/C6H7N.CH2O3/c1-2-6(5-7)3-4-6;2-1(3)4/h2H,1,3-4H2;(H2,2,3,4). The van der Waals surface area contributed by atoms with E-state index in [-0.39, 0.29) is 5.41 Å². The van der Waals surface area contributed by atoms with Crippen molar-refractivity contribution in [3.05, 3.63) is 12.7 Å². The molecule has 0 aromatic rings. The second-order valence-electron chi connectivity index (χ2n) is 2.25. The van der Waals surface area contributed by atoms with Crippen molar-refractivity contribution in [2.45, 2.75) is 12.8 Å². The first-order valence-corrected chi connectivity index (χ1v) is 3.03. The number of rotatable bonds is 1. The van der Waals surface area contributed by atoms with Crippen molar-refractivity contribution in [2.24, 2.45) is 5.41 Å². The average Bonchev–Trinajstić information content (AvgIpc) is 2.66. The van der Waals surface area contributed by atoms with Crippen LogP contribution >= 0.6 is 0 Å². The Morgan fingerprint density at radius 3 is 2.00 bits per heavy atom. The van der Waals surface area contributed by atoms with E-state index in [2.05, 4.69) is 12.6 Å². The Morgan fingerprint density at radius 2 is 2.00 bits per heavy atom. The van der Waals surface area contributed by atoms with Crippen molar-refractivity contribution in [3.63, 3.8) is 0 Å². The summed E-state index contributed by atoms with van der Waals surface area (Å²) in [5.41, 5.74) is -0.0972. The maximum Gasteiger partial charge on any atom is 0.503 e. The van der Waals surface area contributed by atoms with E-state index in [1.807, 2.05) is 0 Å². The van der Waals surface area contributed by atoms with Crippen molar-refractivity contribution in [1.82, 2.24) is 0 Å². The molecule has 0 radical (unpaired) electrons. The maximum atomic E-state index is 8.56. The van der Waals surface area contributed by atoms with Crippen LogP contribution in [0.4, 0.5) is 4.79 Å². The summed E-state index contributed by atoms with van der Waals surface area (Å²) < 4.78 is 0. The Kier molecular flexibility index (Phi) is 3.12. The minimum atomic E-state index is -1.83. The molecule has 0 aromatic heterocycles. The van der Waals surface area contributed by atoms with E-state index in [1.54, 1.807) is 6.08 Å². The van der Waals surface area contributed by atoms with Gasteiger partial charge in [-0.2, -0.15) is 5.26 Å². The second kappa shape index (κ2) is 3.62. The molecule has 1 aliphatic rings. The largest absolute Gasteiger partial charge is 0.503 e. The predicted octanol–water partition coefficient (Wildman–Crippen LogP) is 1.70. The summed E-state index contributed by atoms with van der Waals surface area (Å²) >= 11 is 0. The fraction of sp³-hybridized carbons (Fsp3) is 0.429. The zero-order valence-electron chi connectivity index (χ0n) is 5.95. The first-order valence-electron chi connectivity index (χ1n) is 3.03. The van der Waals surface area contributed by atoms with Gasteiger partial charge in [-0.05, 0) is 12.8 Å². The number of allylic oxidation sites excluding steroid dienone is 1. The molecule has 1 fully saturated rings. The van der Waals surface area contributed by atoms with E-state index in [9.17, 15) is 0 Å². The van der Waals surface area contributed by atoms with Gasteiger partial charge in [0.1, 0.15) is 0 Å². The SMILES string of the molecule is C=CC1(C#N)CC1.O=C(O)O. The predicted molar refractivity (Wildman–Crippen MR) is 38.1 cm³/mol. The number of hydrogen-bond acceptors (Lipinski definition) is 2. The van der Waals surface area contributed by atoms with E-state index in [0.717, 1.165) is 12.8 Å². The van der Waals surface area contributed by atoms with E-state index in [4.69, 9.17) is 20.3 Å². The first-order chi connectivity index (χ1) is 5.06. The van der Waals surface area contributed by atoms with Gasteiger partial charge in [-0.1, -0.05) is 6.08 Å². The molecule has 60 valence electrons. The molecule has 0 spiro atoms. The van der Waals surface area contributed by atoms with Crippen molar-refractivity contribution < 1.29 is 15.0 Å². The number of carbonyl (C=O) groups is 1. The van der Waals surface area contributed by atoms with Crippen LogP contribution in [0.15, 0.2) is 12.7 Å². The molecule has 1 rings (SSSR count). The minimum absolute atomic E-state index is 0.0972. The third-order valence-corrected chi connectivity index (χ3v) is 1.40. The van der Waals surface area contributed by atoms with Crippen molar-refractivity contribution in [3.8, 4) is 6.07 Å². The molecule has 0 bridgehead atoms. The average molecular weight is 155 g/mol.